The van der Waals surface area contributed by atoms with E-state index in [0.717, 1.165) is 0 Å². The van der Waals surface area contributed by atoms with Gasteiger partial charge in [0.1, 0.15) is 6.07 Å². The minimum Gasteiger partial charge on any atom is -0.293 e. The Bertz CT molecular complexity index is 447. The predicted molar refractivity (Wildman–Crippen MR) is 62.3 cm³/mol. The summed E-state index contributed by atoms with van der Waals surface area (Å²) in [7, 11) is 0. The van der Waals surface area contributed by atoms with Gasteiger partial charge in [-0.3, -0.25) is 9.78 Å². The van der Waals surface area contributed by atoms with Gasteiger partial charge in [-0.1, -0.05) is 26.8 Å². The zero-order chi connectivity index (χ0) is 12.2. The van der Waals surface area contributed by atoms with Gasteiger partial charge in [-0.15, -0.1) is 0 Å². The summed E-state index contributed by atoms with van der Waals surface area (Å²) < 4.78 is 0. The molecule has 1 aromatic heterocycles. The average Bonchev–Trinajstić information content (AvgIpc) is 2.25. The van der Waals surface area contributed by atoms with Gasteiger partial charge in [0.15, 0.2) is 5.78 Å². The van der Waals surface area contributed by atoms with Crippen molar-refractivity contribution in [3.63, 3.8) is 0 Å². The molecule has 0 aliphatic heterocycles. The number of carbonyl (C=O) groups excluding carboxylic acids is 1. The largest absolute Gasteiger partial charge is 0.293 e. The van der Waals surface area contributed by atoms with Crippen LogP contribution in [0.1, 0.15) is 26.5 Å². The van der Waals surface area contributed by atoms with E-state index in [2.05, 4.69) is 4.98 Å². The summed E-state index contributed by atoms with van der Waals surface area (Å²) in [5.41, 5.74) is 0.221. The standard InChI is InChI=1S/C13H14N2O/c1-13(2,3)12(16)10(9-14)8-11-6-4-5-7-15-11/h4-8H,1-3H3/b10-8+. The van der Waals surface area contributed by atoms with Gasteiger partial charge in [0.2, 0.25) is 0 Å². The molecule has 0 fully saturated rings. The molecule has 0 aromatic carbocycles. The molecule has 3 nitrogen and oxygen atoms in total. The molecule has 1 heterocycles. The Morgan fingerprint density at radius 2 is 2.12 bits per heavy atom. The first-order valence-electron chi connectivity index (χ1n) is 5.03. The Labute approximate surface area is 95.4 Å². The van der Waals surface area contributed by atoms with Gasteiger partial charge in [0.05, 0.1) is 11.3 Å². The highest BCUT2D eigenvalue weighted by Crippen LogP contribution is 2.20. The van der Waals surface area contributed by atoms with Gasteiger partial charge in [-0.05, 0) is 18.2 Å². The number of pyridine rings is 1. The first-order chi connectivity index (χ1) is 7.45. The minimum atomic E-state index is -0.545. The number of hydrogen-bond donors (Lipinski definition) is 0. The van der Waals surface area contributed by atoms with E-state index in [-0.39, 0.29) is 11.4 Å². The maximum Gasteiger partial charge on any atom is 0.178 e. The number of nitrogens with zero attached hydrogens (tertiary/aromatic N) is 2. The van der Waals surface area contributed by atoms with E-state index < -0.39 is 5.41 Å². The summed E-state index contributed by atoms with van der Waals surface area (Å²) in [6, 6.07) is 7.29. The van der Waals surface area contributed by atoms with Crippen LogP contribution < -0.4 is 0 Å². The molecule has 0 bridgehead atoms. The van der Waals surface area contributed by atoms with Gasteiger partial charge >= 0.3 is 0 Å². The van der Waals surface area contributed by atoms with Crippen molar-refractivity contribution in [1.29, 1.82) is 5.26 Å². The van der Waals surface area contributed by atoms with Crippen LogP contribution in [0.15, 0.2) is 30.0 Å². The van der Waals surface area contributed by atoms with E-state index in [9.17, 15) is 4.79 Å². The van der Waals surface area contributed by atoms with Crippen LogP contribution in [0.5, 0.6) is 0 Å². The van der Waals surface area contributed by atoms with Crippen LogP contribution in [0.25, 0.3) is 6.08 Å². The van der Waals surface area contributed by atoms with Crippen LogP contribution in [0.4, 0.5) is 0 Å². The lowest BCUT2D eigenvalue weighted by Gasteiger charge is -2.15. The topological polar surface area (TPSA) is 53.8 Å². The van der Waals surface area contributed by atoms with Crippen molar-refractivity contribution >= 4 is 11.9 Å². The number of allylic oxidation sites excluding steroid dienone is 1. The number of carbonyl (C=O) groups is 1. The Morgan fingerprint density at radius 3 is 2.56 bits per heavy atom. The molecule has 16 heavy (non-hydrogen) atoms. The monoisotopic (exact) mass is 214 g/mol. The lowest BCUT2D eigenvalue weighted by Crippen LogP contribution is -2.21. The number of nitriles is 1. The highest BCUT2D eigenvalue weighted by atomic mass is 16.1. The zero-order valence-electron chi connectivity index (χ0n) is 9.69. The van der Waals surface area contributed by atoms with Crippen LogP contribution in [0.2, 0.25) is 0 Å². The lowest BCUT2D eigenvalue weighted by molar-refractivity contribution is -0.121. The normalized spacial score (nSPS) is 12.0. The summed E-state index contributed by atoms with van der Waals surface area (Å²) in [5.74, 6) is -0.166. The first kappa shape index (κ1) is 12.1. The van der Waals surface area contributed by atoms with E-state index in [0.29, 0.717) is 5.69 Å². The third kappa shape index (κ3) is 3.03. The van der Waals surface area contributed by atoms with Gasteiger partial charge in [0.25, 0.3) is 0 Å². The van der Waals surface area contributed by atoms with Crippen molar-refractivity contribution in [3.8, 4) is 6.07 Å². The molecule has 0 spiro atoms. The molecule has 0 unspecified atom stereocenters. The molecule has 1 aromatic rings. The third-order valence-electron chi connectivity index (χ3n) is 2.03. The fourth-order valence-corrected chi connectivity index (χ4v) is 1.16. The minimum absolute atomic E-state index is 0.145. The SMILES string of the molecule is CC(C)(C)C(=O)/C(C#N)=C/c1ccccn1. The summed E-state index contributed by atoms with van der Waals surface area (Å²) in [5, 5.41) is 8.95. The summed E-state index contributed by atoms with van der Waals surface area (Å²) in [6.07, 6.45) is 3.15. The fourth-order valence-electron chi connectivity index (χ4n) is 1.16. The quantitative estimate of drug-likeness (QED) is 0.561. The van der Waals surface area contributed by atoms with Crippen LogP contribution in [-0.4, -0.2) is 10.8 Å². The Balaban J connectivity index is 3.06. The molecule has 0 atom stereocenters. The van der Waals surface area contributed by atoms with E-state index in [1.165, 1.54) is 6.08 Å². The molecule has 1 rings (SSSR count). The number of hydrogen-bond acceptors (Lipinski definition) is 3. The summed E-state index contributed by atoms with van der Waals surface area (Å²) in [4.78, 5) is 15.9. The molecule has 0 amide bonds. The molecule has 0 saturated carbocycles. The molecular formula is C13H14N2O. The molecule has 0 N–H and O–H groups in total. The first-order valence-corrected chi connectivity index (χ1v) is 5.03. The maximum atomic E-state index is 11.9. The molecule has 0 aliphatic rings. The predicted octanol–water partition coefficient (Wildman–Crippen LogP) is 2.60. The van der Waals surface area contributed by atoms with Gasteiger partial charge in [0, 0.05) is 11.6 Å². The van der Waals surface area contributed by atoms with E-state index in [1.807, 2.05) is 12.1 Å². The second-order valence-corrected chi connectivity index (χ2v) is 4.50. The zero-order valence-corrected chi connectivity index (χ0v) is 9.69. The molecule has 0 aliphatic carbocycles. The second kappa shape index (κ2) is 4.71. The number of Topliss-reactive ketones (excluding diaryl/α,β-unsaturated/α-hetero) is 1. The van der Waals surface area contributed by atoms with Crippen molar-refractivity contribution in [2.75, 3.05) is 0 Å². The van der Waals surface area contributed by atoms with Crippen molar-refractivity contribution < 1.29 is 4.79 Å². The van der Waals surface area contributed by atoms with Gasteiger partial charge < -0.3 is 0 Å². The number of ketones is 1. The Kier molecular flexibility index (Phi) is 3.57. The van der Waals surface area contributed by atoms with E-state index in [1.54, 1.807) is 39.1 Å². The van der Waals surface area contributed by atoms with Crippen molar-refractivity contribution in [2.45, 2.75) is 20.8 Å². The van der Waals surface area contributed by atoms with Crippen LogP contribution >= 0.6 is 0 Å². The molecule has 3 heteroatoms. The smallest absolute Gasteiger partial charge is 0.178 e. The highest BCUT2D eigenvalue weighted by Gasteiger charge is 2.24. The van der Waals surface area contributed by atoms with E-state index >= 15 is 0 Å². The van der Waals surface area contributed by atoms with Crippen molar-refractivity contribution in [2.24, 2.45) is 5.41 Å². The molecule has 0 radical (unpaired) electrons. The molecule has 82 valence electrons. The number of aromatic nitrogens is 1. The van der Waals surface area contributed by atoms with Gasteiger partial charge in [-0.25, -0.2) is 0 Å². The lowest BCUT2D eigenvalue weighted by atomic mass is 9.86. The van der Waals surface area contributed by atoms with Crippen LogP contribution in [0, 0.1) is 16.7 Å². The number of rotatable bonds is 2. The fraction of sp³-hybridized carbons (Fsp3) is 0.308. The summed E-state index contributed by atoms with van der Waals surface area (Å²) in [6.45, 7) is 5.37. The van der Waals surface area contributed by atoms with Gasteiger partial charge in [-0.2, -0.15) is 5.26 Å². The van der Waals surface area contributed by atoms with Crippen LogP contribution in [-0.2, 0) is 4.79 Å². The average molecular weight is 214 g/mol. The Morgan fingerprint density at radius 1 is 1.44 bits per heavy atom. The highest BCUT2D eigenvalue weighted by molar-refractivity contribution is 6.05. The van der Waals surface area contributed by atoms with Crippen molar-refractivity contribution in [1.82, 2.24) is 4.98 Å². The maximum absolute atomic E-state index is 11.9. The van der Waals surface area contributed by atoms with E-state index in [4.69, 9.17) is 5.26 Å². The molecule has 0 saturated heterocycles. The Hall–Kier alpha value is -1.95. The van der Waals surface area contributed by atoms with Crippen molar-refractivity contribution in [3.05, 3.63) is 35.7 Å². The third-order valence-corrected chi connectivity index (χ3v) is 2.03. The molecular weight excluding hydrogens is 200 g/mol. The summed E-state index contributed by atoms with van der Waals surface area (Å²) >= 11 is 0. The van der Waals surface area contributed by atoms with Crippen LogP contribution in [0.3, 0.4) is 0 Å². The second-order valence-electron chi connectivity index (χ2n) is 4.50.